The van der Waals surface area contributed by atoms with Crippen LogP contribution in [0.25, 0.3) is 11.3 Å². The zero-order valence-corrected chi connectivity index (χ0v) is 23.7. The van der Waals surface area contributed by atoms with Crippen LogP contribution in [-0.4, -0.2) is 24.2 Å². The second kappa shape index (κ2) is 11.1. The monoisotopic (exact) mass is 561 g/mol. The van der Waals surface area contributed by atoms with E-state index in [4.69, 9.17) is 18.6 Å². The summed E-state index contributed by atoms with van der Waals surface area (Å²) in [5, 5.41) is 14.8. The molecule has 1 atom stereocenters. The highest BCUT2D eigenvalue weighted by Crippen LogP contribution is 2.45. The number of fused-ring (bicyclic) bond motifs is 1. The number of nitrogens with one attached hydrogen (secondary N) is 1. The molecule has 40 heavy (non-hydrogen) atoms. The van der Waals surface area contributed by atoms with Gasteiger partial charge in [0.15, 0.2) is 0 Å². The summed E-state index contributed by atoms with van der Waals surface area (Å²) in [5.41, 5.74) is 2.38. The van der Waals surface area contributed by atoms with Gasteiger partial charge in [-0.15, -0.1) is 11.3 Å². The number of nitro benzene ring substituents is 1. The topological polar surface area (TPSA) is 120 Å². The molecule has 0 fully saturated rings. The molecule has 0 bridgehead atoms. The van der Waals surface area contributed by atoms with Crippen LogP contribution in [0, 0.1) is 21.4 Å². The van der Waals surface area contributed by atoms with E-state index in [2.05, 4.69) is 26.1 Å². The van der Waals surface area contributed by atoms with Crippen molar-refractivity contribution in [3.05, 3.63) is 86.4 Å². The standard InChI is InChI=1S/C30H31N3O6S/c1-30(2,3)18-7-10-23-26(14-18)40-29(27(23)28(34)31-16-20-6-5-13-38-20)32-17-21-9-12-24(39-21)22-11-8-19(33(35)36)15-25(22)37-4/h5-6,8-9,11-13,15,17-18H,7,10,14,16H2,1-4H3,(H,31,34)/t18-/m0/s1. The lowest BCUT2D eigenvalue weighted by molar-refractivity contribution is -0.384. The van der Waals surface area contributed by atoms with E-state index in [1.54, 1.807) is 48.1 Å². The van der Waals surface area contributed by atoms with Gasteiger partial charge in [0.1, 0.15) is 28.0 Å². The predicted molar refractivity (Wildman–Crippen MR) is 154 cm³/mol. The number of methoxy groups -OCH3 is 1. The summed E-state index contributed by atoms with van der Waals surface area (Å²) in [6.07, 6.45) is 5.96. The first-order valence-corrected chi connectivity index (χ1v) is 13.9. The van der Waals surface area contributed by atoms with E-state index in [0.29, 0.717) is 51.6 Å². The number of rotatable bonds is 8. The molecule has 1 aromatic carbocycles. The fourth-order valence-electron chi connectivity index (χ4n) is 4.99. The van der Waals surface area contributed by atoms with Crippen molar-refractivity contribution in [2.75, 3.05) is 7.11 Å². The van der Waals surface area contributed by atoms with Crippen molar-refractivity contribution >= 4 is 34.1 Å². The van der Waals surface area contributed by atoms with Gasteiger partial charge in [-0.2, -0.15) is 0 Å². The van der Waals surface area contributed by atoms with Crippen LogP contribution in [-0.2, 0) is 19.4 Å². The van der Waals surface area contributed by atoms with Crippen molar-refractivity contribution in [3.8, 4) is 17.1 Å². The van der Waals surface area contributed by atoms with Gasteiger partial charge in [-0.3, -0.25) is 14.9 Å². The van der Waals surface area contributed by atoms with Gasteiger partial charge >= 0.3 is 0 Å². The Hall–Kier alpha value is -4.18. The van der Waals surface area contributed by atoms with Gasteiger partial charge in [0.25, 0.3) is 11.6 Å². The van der Waals surface area contributed by atoms with Gasteiger partial charge in [-0.05, 0) is 66.5 Å². The number of ether oxygens (including phenoxy) is 1. The summed E-state index contributed by atoms with van der Waals surface area (Å²) in [6.45, 7) is 7.09. The number of carbonyl (C=O) groups is 1. The minimum atomic E-state index is -0.473. The lowest BCUT2D eigenvalue weighted by Crippen LogP contribution is -2.28. The quantitative estimate of drug-likeness (QED) is 0.136. The highest BCUT2D eigenvalue weighted by Gasteiger charge is 2.33. The van der Waals surface area contributed by atoms with E-state index < -0.39 is 4.92 Å². The number of carbonyl (C=O) groups excluding carboxylic acids is 1. The maximum Gasteiger partial charge on any atom is 0.273 e. The molecular formula is C30H31N3O6S. The van der Waals surface area contributed by atoms with Crippen molar-refractivity contribution in [3.63, 3.8) is 0 Å². The molecular weight excluding hydrogens is 530 g/mol. The second-order valence-electron chi connectivity index (χ2n) is 10.9. The number of thiophene rings is 1. The van der Waals surface area contributed by atoms with Crippen molar-refractivity contribution < 1.29 is 23.3 Å². The smallest absolute Gasteiger partial charge is 0.273 e. The molecule has 0 radical (unpaired) electrons. The van der Waals surface area contributed by atoms with Crippen LogP contribution in [0.2, 0.25) is 0 Å². The Bertz CT molecular complexity index is 1560. The molecule has 3 heterocycles. The van der Waals surface area contributed by atoms with E-state index in [9.17, 15) is 14.9 Å². The third-order valence-corrected chi connectivity index (χ3v) is 8.46. The molecule has 208 valence electrons. The molecule has 1 aliphatic carbocycles. The Balaban J connectivity index is 1.43. The number of hydrogen-bond acceptors (Lipinski definition) is 8. The first-order chi connectivity index (χ1) is 19.1. The van der Waals surface area contributed by atoms with Crippen LogP contribution < -0.4 is 10.1 Å². The molecule has 5 rings (SSSR count). The van der Waals surface area contributed by atoms with E-state index in [-0.39, 0.29) is 17.0 Å². The summed E-state index contributed by atoms with van der Waals surface area (Å²) < 4.78 is 16.7. The van der Waals surface area contributed by atoms with Gasteiger partial charge in [-0.25, -0.2) is 4.99 Å². The molecule has 4 aromatic rings. The minimum absolute atomic E-state index is 0.0674. The largest absolute Gasteiger partial charge is 0.496 e. The zero-order valence-electron chi connectivity index (χ0n) is 22.9. The fourth-order valence-corrected chi connectivity index (χ4v) is 6.26. The summed E-state index contributed by atoms with van der Waals surface area (Å²) in [4.78, 5) is 30.0. The molecule has 0 aliphatic heterocycles. The number of amides is 1. The van der Waals surface area contributed by atoms with Crippen LogP contribution in [0.3, 0.4) is 0 Å². The highest BCUT2D eigenvalue weighted by atomic mass is 32.1. The van der Waals surface area contributed by atoms with Gasteiger partial charge in [0, 0.05) is 10.9 Å². The molecule has 0 unspecified atom stereocenters. The van der Waals surface area contributed by atoms with Crippen LogP contribution in [0.1, 0.15) is 59.5 Å². The molecule has 0 spiro atoms. The van der Waals surface area contributed by atoms with Crippen molar-refractivity contribution in [2.24, 2.45) is 16.3 Å². The lowest BCUT2D eigenvalue weighted by Gasteiger charge is -2.33. The molecule has 1 amide bonds. The third-order valence-electron chi connectivity index (χ3n) is 7.30. The summed E-state index contributed by atoms with van der Waals surface area (Å²) in [6, 6.07) is 11.5. The maximum atomic E-state index is 13.4. The number of nitro groups is 1. The first-order valence-electron chi connectivity index (χ1n) is 13.1. The maximum absolute atomic E-state index is 13.4. The van der Waals surface area contributed by atoms with Gasteiger partial charge in [0.2, 0.25) is 0 Å². The molecule has 0 saturated carbocycles. The predicted octanol–water partition coefficient (Wildman–Crippen LogP) is 7.35. The molecule has 3 aromatic heterocycles. The van der Waals surface area contributed by atoms with Crippen LogP contribution >= 0.6 is 11.3 Å². The third kappa shape index (κ3) is 5.72. The molecule has 0 saturated heterocycles. The average molecular weight is 562 g/mol. The first kappa shape index (κ1) is 27.4. The average Bonchev–Trinajstić information content (AvgIpc) is 3.69. The normalized spacial score (nSPS) is 15.2. The van der Waals surface area contributed by atoms with E-state index >= 15 is 0 Å². The number of benzene rings is 1. The number of non-ortho nitro benzene ring substituents is 1. The van der Waals surface area contributed by atoms with Crippen molar-refractivity contribution in [1.82, 2.24) is 5.32 Å². The van der Waals surface area contributed by atoms with E-state index in [1.165, 1.54) is 24.1 Å². The molecule has 1 N–H and O–H groups in total. The Morgan fingerprint density at radius 1 is 1.27 bits per heavy atom. The van der Waals surface area contributed by atoms with Crippen molar-refractivity contribution in [2.45, 2.75) is 46.6 Å². The molecule has 1 aliphatic rings. The fraction of sp³-hybridized carbons (Fsp3) is 0.333. The van der Waals surface area contributed by atoms with Gasteiger partial charge in [0.05, 0.1) is 48.2 Å². The SMILES string of the molecule is COc1cc([N+](=O)[O-])ccc1-c1ccc(C=Nc2sc3c(c2C(=O)NCc2ccco2)CC[C@H](C(C)(C)C)C3)o1. The van der Waals surface area contributed by atoms with E-state index in [0.717, 1.165) is 24.8 Å². The van der Waals surface area contributed by atoms with Crippen molar-refractivity contribution in [1.29, 1.82) is 0 Å². The highest BCUT2D eigenvalue weighted by molar-refractivity contribution is 7.16. The zero-order chi connectivity index (χ0) is 28.4. The molecule has 9 nitrogen and oxygen atoms in total. The summed E-state index contributed by atoms with van der Waals surface area (Å²) in [5.74, 6) is 2.34. The summed E-state index contributed by atoms with van der Waals surface area (Å²) in [7, 11) is 1.45. The van der Waals surface area contributed by atoms with Crippen LogP contribution in [0.4, 0.5) is 10.7 Å². The Kier molecular flexibility index (Phi) is 7.62. The number of furan rings is 2. The Labute approximate surface area is 236 Å². The molecule has 10 heteroatoms. The Morgan fingerprint density at radius 2 is 2.10 bits per heavy atom. The minimum Gasteiger partial charge on any atom is -0.496 e. The number of aliphatic imine (C=N–C) groups is 1. The second-order valence-corrected chi connectivity index (χ2v) is 11.9. The van der Waals surface area contributed by atoms with Crippen LogP contribution in [0.15, 0.2) is 62.6 Å². The summed E-state index contributed by atoms with van der Waals surface area (Å²) >= 11 is 1.56. The lowest BCUT2D eigenvalue weighted by atomic mass is 9.72. The number of hydrogen-bond donors (Lipinski definition) is 1. The Morgan fingerprint density at radius 3 is 2.80 bits per heavy atom. The van der Waals surface area contributed by atoms with Gasteiger partial charge < -0.3 is 18.9 Å². The van der Waals surface area contributed by atoms with Gasteiger partial charge in [-0.1, -0.05) is 20.8 Å². The number of nitrogens with zero attached hydrogens (tertiary/aromatic N) is 2. The van der Waals surface area contributed by atoms with Crippen LogP contribution in [0.5, 0.6) is 5.75 Å². The van der Waals surface area contributed by atoms with E-state index in [1.807, 2.05) is 6.07 Å².